The van der Waals surface area contributed by atoms with Gasteiger partial charge in [-0.05, 0) is 43.0 Å². The molecule has 1 fully saturated rings. The molecule has 1 saturated carbocycles. The van der Waals surface area contributed by atoms with Gasteiger partial charge in [-0.15, -0.1) is 0 Å². The monoisotopic (exact) mass is 361 g/mol. The van der Waals surface area contributed by atoms with Crippen LogP contribution >= 0.6 is 0 Å². The smallest absolute Gasteiger partial charge is 0.234 e. The molecular formula is C20H31N3O3. The Morgan fingerprint density at radius 2 is 1.73 bits per heavy atom. The molecule has 6 heteroatoms. The van der Waals surface area contributed by atoms with E-state index in [1.54, 1.807) is 11.9 Å². The minimum absolute atomic E-state index is 0.0233. The van der Waals surface area contributed by atoms with Crippen molar-refractivity contribution in [3.05, 3.63) is 29.8 Å². The second-order valence-corrected chi connectivity index (χ2v) is 7.99. The van der Waals surface area contributed by atoms with Crippen LogP contribution < -0.4 is 15.4 Å². The first-order chi connectivity index (χ1) is 12.2. The zero-order chi connectivity index (χ0) is 19.2. The van der Waals surface area contributed by atoms with Gasteiger partial charge in [0.15, 0.2) is 0 Å². The Kier molecular flexibility index (Phi) is 7.03. The van der Waals surface area contributed by atoms with E-state index >= 15 is 0 Å². The fourth-order valence-electron chi connectivity index (χ4n) is 2.51. The van der Waals surface area contributed by atoms with Crippen LogP contribution in [0.5, 0.6) is 5.75 Å². The molecule has 2 N–H and O–H groups in total. The van der Waals surface area contributed by atoms with Crippen molar-refractivity contribution in [3.8, 4) is 5.75 Å². The number of rotatable bonds is 9. The SMILES string of the molecule is CN(CC(=O)NCCOc1ccc(C(C)(C)C)cc1)CC(=O)NC1CC1. The lowest BCUT2D eigenvalue weighted by Crippen LogP contribution is -2.42. The molecule has 1 aliphatic carbocycles. The normalized spacial score (nSPS) is 14.2. The molecule has 0 atom stereocenters. The number of hydrogen-bond acceptors (Lipinski definition) is 4. The maximum absolute atomic E-state index is 11.9. The third kappa shape index (κ3) is 7.44. The molecule has 1 aromatic rings. The third-order valence-electron chi connectivity index (χ3n) is 4.18. The second kappa shape index (κ2) is 9.03. The van der Waals surface area contributed by atoms with Gasteiger partial charge in [-0.3, -0.25) is 14.5 Å². The van der Waals surface area contributed by atoms with E-state index in [9.17, 15) is 9.59 Å². The van der Waals surface area contributed by atoms with Crippen molar-refractivity contribution in [2.24, 2.45) is 0 Å². The highest BCUT2D eigenvalue weighted by Crippen LogP contribution is 2.24. The van der Waals surface area contributed by atoms with E-state index in [4.69, 9.17) is 4.74 Å². The van der Waals surface area contributed by atoms with Gasteiger partial charge in [0.25, 0.3) is 0 Å². The highest BCUT2D eigenvalue weighted by molar-refractivity contribution is 5.81. The number of benzene rings is 1. The van der Waals surface area contributed by atoms with E-state index in [1.807, 2.05) is 12.1 Å². The Hall–Kier alpha value is -2.08. The number of nitrogens with one attached hydrogen (secondary N) is 2. The number of ether oxygens (including phenoxy) is 1. The van der Waals surface area contributed by atoms with Crippen LogP contribution in [0, 0.1) is 0 Å². The molecule has 0 spiro atoms. The topological polar surface area (TPSA) is 70.7 Å². The zero-order valence-corrected chi connectivity index (χ0v) is 16.3. The molecular weight excluding hydrogens is 330 g/mol. The lowest BCUT2D eigenvalue weighted by atomic mass is 9.87. The highest BCUT2D eigenvalue weighted by Gasteiger charge is 2.23. The standard InChI is InChI=1S/C20H31N3O3/c1-20(2,3)15-5-9-17(10-6-15)26-12-11-21-18(24)13-23(4)14-19(25)22-16-7-8-16/h5-6,9-10,16H,7-8,11-14H2,1-4H3,(H,21,24)(H,22,25). The van der Waals surface area contributed by atoms with Crippen molar-refractivity contribution in [1.82, 2.24) is 15.5 Å². The van der Waals surface area contributed by atoms with Crippen LogP contribution in [-0.2, 0) is 15.0 Å². The van der Waals surface area contributed by atoms with Crippen molar-refractivity contribution >= 4 is 11.8 Å². The number of hydrogen-bond donors (Lipinski definition) is 2. The maximum atomic E-state index is 11.9. The predicted molar refractivity (Wildman–Crippen MR) is 102 cm³/mol. The van der Waals surface area contributed by atoms with Crippen LogP contribution in [-0.4, -0.2) is 56.0 Å². The van der Waals surface area contributed by atoms with E-state index in [0.717, 1.165) is 18.6 Å². The van der Waals surface area contributed by atoms with Gasteiger partial charge >= 0.3 is 0 Å². The average Bonchev–Trinajstić information content (AvgIpc) is 3.34. The Morgan fingerprint density at radius 1 is 1.12 bits per heavy atom. The first-order valence-corrected chi connectivity index (χ1v) is 9.22. The van der Waals surface area contributed by atoms with Crippen molar-refractivity contribution < 1.29 is 14.3 Å². The van der Waals surface area contributed by atoms with Crippen molar-refractivity contribution in [1.29, 1.82) is 0 Å². The summed E-state index contributed by atoms with van der Waals surface area (Å²) in [5.74, 6) is 0.657. The third-order valence-corrected chi connectivity index (χ3v) is 4.18. The molecule has 0 radical (unpaired) electrons. The Morgan fingerprint density at radius 3 is 2.31 bits per heavy atom. The Balaban J connectivity index is 1.59. The number of likely N-dealkylation sites (N-methyl/N-ethyl adjacent to an activating group) is 1. The molecule has 1 aliphatic rings. The summed E-state index contributed by atoms with van der Waals surface area (Å²) in [4.78, 5) is 25.3. The Bertz CT molecular complexity index is 604. The number of nitrogens with zero attached hydrogens (tertiary/aromatic N) is 1. The van der Waals surface area contributed by atoms with Crippen molar-refractivity contribution in [2.75, 3.05) is 33.3 Å². The number of carbonyl (C=O) groups is 2. The molecule has 26 heavy (non-hydrogen) atoms. The lowest BCUT2D eigenvalue weighted by molar-refractivity contribution is -0.124. The summed E-state index contributed by atoms with van der Waals surface area (Å²) >= 11 is 0. The van der Waals surface area contributed by atoms with Crippen molar-refractivity contribution in [2.45, 2.75) is 45.1 Å². The first kappa shape index (κ1) is 20.2. The van der Waals surface area contributed by atoms with Gasteiger partial charge in [0, 0.05) is 6.04 Å². The fraction of sp³-hybridized carbons (Fsp3) is 0.600. The zero-order valence-electron chi connectivity index (χ0n) is 16.3. The lowest BCUT2D eigenvalue weighted by Gasteiger charge is -2.19. The van der Waals surface area contributed by atoms with Crippen LogP contribution in [0.15, 0.2) is 24.3 Å². The molecule has 0 unspecified atom stereocenters. The van der Waals surface area contributed by atoms with E-state index in [1.165, 1.54) is 5.56 Å². The van der Waals surface area contributed by atoms with Gasteiger partial charge in [0.1, 0.15) is 12.4 Å². The minimum atomic E-state index is -0.113. The quantitative estimate of drug-likeness (QED) is 0.657. The summed E-state index contributed by atoms with van der Waals surface area (Å²) in [7, 11) is 1.76. The van der Waals surface area contributed by atoms with Gasteiger partial charge in [-0.2, -0.15) is 0 Å². The van der Waals surface area contributed by atoms with Gasteiger partial charge in [0.2, 0.25) is 11.8 Å². The van der Waals surface area contributed by atoms with E-state index in [-0.39, 0.29) is 30.3 Å². The van der Waals surface area contributed by atoms with Crippen LogP contribution in [0.25, 0.3) is 0 Å². The minimum Gasteiger partial charge on any atom is -0.492 e. The number of amides is 2. The molecule has 1 aromatic carbocycles. The largest absolute Gasteiger partial charge is 0.492 e. The van der Waals surface area contributed by atoms with Crippen LogP contribution in [0.2, 0.25) is 0 Å². The van der Waals surface area contributed by atoms with Gasteiger partial charge < -0.3 is 15.4 Å². The van der Waals surface area contributed by atoms with E-state index < -0.39 is 0 Å². The molecule has 2 amide bonds. The molecule has 2 rings (SSSR count). The van der Waals surface area contributed by atoms with Crippen LogP contribution in [0.4, 0.5) is 0 Å². The van der Waals surface area contributed by atoms with E-state index in [0.29, 0.717) is 19.2 Å². The molecule has 6 nitrogen and oxygen atoms in total. The predicted octanol–water partition coefficient (Wildman–Crippen LogP) is 1.69. The van der Waals surface area contributed by atoms with Crippen molar-refractivity contribution in [3.63, 3.8) is 0 Å². The molecule has 144 valence electrons. The van der Waals surface area contributed by atoms with Gasteiger partial charge in [0.05, 0.1) is 19.6 Å². The number of carbonyl (C=O) groups excluding carboxylic acids is 2. The van der Waals surface area contributed by atoms with Crippen LogP contribution in [0.3, 0.4) is 0 Å². The summed E-state index contributed by atoms with van der Waals surface area (Å²) in [5.41, 5.74) is 1.38. The summed E-state index contributed by atoms with van der Waals surface area (Å²) < 4.78 is 5.65. The Labute approximate surface area is 156 Å². The molecule has 0 bridgehead atoms. The van der Waals surface area contributed by atoms with E-state index in [2.05, 4.69) is 43.5 Å². The fourth-order valence-corrected chi connectivity index (χ4v) is 2.51. The van der Waals surface area contributed by atoms with Gasteiger partial charge in [-0.1, -0.05) is 32.9 Å². The molecule has 0 heterocycles. The molecule has 0 aromatic heterocycles. The summed E-state index contributed by atoms with van der Waals surface area (Å²) in [6.07, 6.45) is 2.13. The summed E-state index contributed by atoms with van der Waals surface area (Å²) in [5, 5.41) is 5.72. The summed E-state index contributed by atoms with van der Waals surface area (Å²) in [6, 6.07) is 8.38. The maximum Gasteiger partial charge on any atom is 0.234 e. The first-order valence-electron chi connectivity index (χ1n) is 9.22. The van der Waals surface area contributed by atoms with Crippen LogP contribution in [0.1, 0.15) is 39.2 Å². The summed E-state index contributed by atoms with van der Waals surface area (Å²) in [6.45, 7) is 7.79. The second-order valence-electron chi connectivity index (χ2n) is 7.99. The molecule has 0 saturated heterocycles. The average molecular weight is 361 g/mol. The van der Waals surface area contributed by atoms with Gasteiger partial charge in [-0.25, -0.2) is 0 Å². The highest BCUT2D eigenvalue weighted by atomic mass is 16.5. The molecule has 0 aliphatic heterocycles.